The Morgan fingerprint density at radius 2 is 2.33 bits per heavy atom. The quantitative estimate of drug-likeness (QED) is 0.617. The SMILES string of the molecule is C=C(CCOC(C)C(=O)O)NC. The molecule has 0 aromatic rings. The van der Waals surface area contributed by atoms with Gasteiger partial charge >= 0.3 is 5.97 Å². The van der Waals surface area contributed by atoms with E-state index in [4.69, 9.17) is 9.84 Å². The summed E-state index contributed by atoms with van der Waals surface area (Å²) >= 11 is 0. The molecule has 0 spiro atoms. The molecule has 0 saturated carbocycles. The lowest BCUT2D eigenvalue weighted by Crippen LogP contribution is -2.21. The fourth-order valence-electron chi connectivity index (χ4n) is 0.555. The first-order chi connectivity index (χ1) is 5.57. The second-order valence-corrected chi connectivity index (χ2v) is 2.45. The number of nitrogens with one attached hydrogen (secondary N) is 1. The van der Waals surface area contributed by atoms with Crippen LogP contribution in [0.2, 0.25) is 0 Å². The van der Waals surface area contributed by atoms with Crippen molar-refractivity contribution in [1.29, 1.82) is 0 Å². The Balaban J connectivity index is 3.43. The highest BCUT2D eigenvalue weighted by atomic mass is 16.5. The maximum absolute atomic E-state index is 10.3. The zero-order chi connectivity index (χ0) is 9.56. The third-order valence-corrected chi connectivity index (χ3v) is 1.47. The maximum atomic E-state index is 10.3. The Morgan fingerprint density at radius 3 is 2.75 bits per heavy atom. The smallest absolute Gasteiger partial charge is 0.332 e. The van der Waals surface area contributed by atoms with Crippen molar-refractivity contribution in [3.05, 3.63) is 12.3 Å². The lowest BCUT2D eigenvalue weighted by Gasteiger charge is -2.08. The zero-order valence-electron chi connectivity index (χ0n) is 7.46. The molecule has 0 radical (unpaired) electrons. The van der Waals surface area contributed by atoms with Gasteiger partial charge in [0.2, 0.25) is 0 Å². The molecule has 0 aromatic heterocycles. The minimum absolute atomic E-state index is 0.382. The predicted octanol–water partition coefficient (Wildman–Crippen LogP) is 0.599. The molecule has 1 atom stereocenters. The van der Waals surface area contributed by atoms with Gasteiger partial charge in [-0.1, -0.05) is 6.58 Å². The van der Waals surface area contributed by atoms with Crippen LogP contribution < -0.4 is 5.32 Å². The number of ether oxygens (including phenoxy) is 1. The first-order valence-corrected chi connectivity index (χ1v) is 3.78. The minimum atomic E-state index is -0.940. The monoisotopic (exact) mass is 173 g/mol. The first kappa shape index (κ1) is 11.0. The Bertz CT molecular complexity index is 168. The normalized spacial score (nSPS) is 12.2. The summed E-state index contributed by atoms with van der Waals surface area (Å²) in [5.74, 6) is -0.940. The summed E-state index contributed by atoms with van der Waals surface area (Å²) < 4.78 is 4.98. The van der Waals surface area contributed by atoms with Crippen LogP contribution in [0.15, 0.2) is 12.3 Å². The molecule has 4 heteroatoms. The summed E-state index contributed by atoms with van der Waals surface area (Å²) in [5, 5.41) is 11.3. The Kier molecular flexibility index (Phi) is 5.12. The fourth-order valence-corrected chi connectivity index (χ4v) is 0.555. The van der Waals surface area contributed by atoms with Crippen molar-refractivity contribution in [3.8, 4) is 0 Å². The van der Waals surface area contributed by atoms with Crippen molar-refractivity contribution >= 4 is 5.97 Å². The van der Waals surface area contributed by atoms with Gasteiger partial charge in [-0.2, -0.15) is 0 Å². The zero-order valence-corrected chi connectivity index (χ0v) is 7.46. The van der Waals surface area contributed by atoms with E-state index in [2.05, 4.69) is 11.9 Å². The van der Waals surface area contributed by atoms with Crippen molar-refractivity contribution in [1.82, 2.24) is 5.32 Å². The lowest BCUT2D eigenvalue weighted by atomic mass is 10.3. The van der Waals surface area contributed by atoms with Crippen molar-refractivity contribution in [2.24, 2.45) is 0 Å². The molecule has 0 aliphatic heterocycles. The molecule has 70 valence electrons. The molecule has 0 fully saturated rings. The molecule has 0 aliphatic rings. The molecule has 0 heterocycles. The third kappa shape index (κ3) is 4.73. The van der Waals surface area contributed by atoms with Gasteiger partial charge in [0, 0.05) is 19.2 Å². The van der Waals surface area contributed by atoms with E-state index in [1.54, 1.807) is 7.05 Å². The average molecular weight is 173 g/mol. The second kappa shape index (κ2) is 5.60. The van der Waals surface area contributed by atoms with Gasteiger partial charge in [-0.25, -0.2) is 4.79 Å². The fraction of sp³-hybridized carbons (Fsp3) is 0.625. The van der Waals surface area contributed by atoms with Crippen LogP contribution >= 0.6 is 0 Å². The summed E-state index contributed by atoms with van der Waals surface area (Å²) in [6.07, 6.45) is -0.108. The highest BCUT2D eigenvalue weighted by molar-refractivity contribution is 5.71. The highest BCUT2D eigenvalue weighted by Gasteiger charge is 2.09. The number of hydrogen-bond donors (Lipinski definition) is 2. The van der Waals surface area contributed by atoms with Crippen LogP contribution in [0.25, 0.3) is 0 Å². The van der Waals surface area contributed by atoms with E-state index in [0.717, 1.165) is 5.70 Å². The van der Waals surface area contributed by atoms with Crippen molar-refractivity contribution in [3.63, 3.8) is 0 Å². The van der Waals surface area contributed by atoms with E-state index in [1.807, 2.05) is 0 Å². The van der Waals surface area contributed by atoms with Crippen molar-refractivity contribution in [2.75, 3.05) is 13.7 Å². The summed E-state index contributed by atoms with van der Waals surface area (Å²) in [7, 11) is 1.77. The highest BCUT2D eigenvalue weighted by Crippen LogP contribution is 1.96. The Hall–Kier alpha value is -1.03. The van der Waals surface area contributed by atoms with Gasteiger partial charge < -0.3 is 15.2 Å². The lowest BCUT2D eigenvalue weighted by molar-refractivity contribution is -0.149. The molecule has 0 amide bonds. The Labute approximate surface area is 72.2 Å². The van der Waals surface area contributed by atoms with E-state index in [0.29, 0.717) is 13.0 Å². The number of rotatable bonds is 6. The third-order valence-electron chi connectivity index (χ3n) is 1.47. The summed E-state index contributed by atoms with van der Waals surface area (Å²) in [6, 6.07) is 0. The van der Waals surface area contributed by atoms with Gasteiger partial charge in [-0.15, -0.1) is 0 Å². The summed E-state index contributed by atoms with van der Waals surface area (Å²) in [4.78, 5) is 10.3. The molecule has 0 saturated heterocycles. The summed E-state index contributed by atoms with van der Waals surface area (Å²) in [6.45, 7) is 5.56. The molecule has 0 aromatic carbocycles. The van der Waals surface area contributed by atoms with Crippen LogP contribution in [0.5, 0.6) is 0 Å². The topological polar surface area (TPSA) is 58.6 Å². The van der Waals surface area contributed by atoms with E-state index in [-0.39, 0.29) is 0 Å². The molecule has 1 unspecified atom stereocenters. The molecule has 2 N–H and O–H groups in total. The largest absolute Gasteiger partial charge is 0.479 e. The maximum Gasteiger partial charge on any atom is 0.332 e. The van der Waals surface area contributed by atoms with E-state index in [1.165, 1.54) is 6.92 Å². The number of aliphatic carboxylic acids is 1. The number of carboxylic acids is 1. The molecule has 12 heavy (non-hydrogen) atoms. The van der Waals surface area contributed by atoms with Gasteiger partial charge in [0.1, 0.15) is 0 Å². The number of hydrogen-bond acceptors (Lipinski definition) is 3. The van der Waals surface area contributed by atoms with Gasteiger partial charge in [-0.05, 0) is 6.92 Å². The minimum Gasteiger partial charge on any atom is -0.479 e. The van der Waals surface area contributed by atoms with E-state index < -0.39 is 12.1 Å². The first-order valence-electron chi connectivity index (χ1n) is 3.78. The molecule has 0 rings (SSSR count). The molecule has 0 aliphatic carbocycles. The van der Waals surface area contributed by atoms with Gasteiger partial charge in [-0.3, -0.25) is 0 Å². The van der Waals surface area contributed by atoms with Crippen LogP contribution in [0.4, 0.5) is 0 Å². The van der Waals surface area contributed by atoms with E-state index in [9.17, 15) is 4.79 Å². The van der Waals surface area contributed by atoms with Crippen LogP contribution in [0.3, 0.4) is 0 Å². The van der Waals surface area contributed by atoms with Crippen molar-refractivity contribution < 1.29 is 14.6 Å². The van der Waals surface area contributed by atoms with Gasteiger partial charge in [0.05, 0.1) is 6.61 Å². The molecular formula is C8H15NO3. The standard InChI is InChI=1S/C8H15NO3/c1-6(9-3)4-5-12-7(2)8(10)11/h7,9H,1,4-5H2,2-3H3,(H,10,11). The second-order valence-electron chi connectivity index (χ2n) is 2.45. The average Bonchev–Trinajstić information content (AvgIpc) is 2.03. The van der Waals surface area contributed by atoms with E-state index >= 15 is 0 Å². The number of carbonyl (C=O) groups is 1. The van der Waals surface area contributed by atoms with Crippen LogP contribution in [-0.2, 0) is 9.53 Å². The molecule has 4 nitrogen and oxygen atoms in total. The predicted molar refractivity (Wildman–Crippen MR) is 45.9 cm³/mol. The van der Waals surface area contributed by atoms with Crippen LogP contribution in [0, 0.1) is 0 Å². The van der Waals surface area contributed by atoms with Crippen molar-refractivity contribution in [2.45, 2.75) is 19.4 Å². The van der Waals surface area contributed by atoms with Gasteiger partial charge in [0.25, 0.3) is 0 Å². The number of carboxylic acid groups (broad SMARTS) is 1. The molecule has 0 bridgehead atoms. The van der Waals surface area contributed by atoms with Crippen LogP contribution in [0.1, 0.15) is 13.3 Å². The summed E-state index contributed by atoms with van der Waals surface area (Å²) in [5.41, 5.74) is 0.840. The van der Waals surface area contributed by atoms with Gasteiger partial charge in [0.15, 0.2) is 6.10 Å². The molecular weight excluding hydrogens is 158 g/mol. The Morgan fingerprint density at radius 1 is 1.75 bits per heavy atom. The van der Waals surface area contributed by atoms with Crippen LogP contribution in [-0.4, -0.2) is 30.8 Å².